The van der Waals surface area contributed by atoms with Gasteiger partial charge in [-0.3, -0.25) is 9.59 Å². The molecule has 0 spiro atoms. The molecule has 0 unspecified atom stereocenters. The highest BCUT2D eigenvalue weighted by Crippen LogP contribution is 2.19. The van der Waals surface area contributed by atoms with E-state index in [1.807, 2.05) is 0 Å². The number of hydrogen-bond acceptors (Lipinski definition) is 4. The van der Waals surface area contributed by atoms with E-state index in [1.165, 1.54) is 28.8 Å². The maximum atomic E-state index is 13.8. The van der Waals surface area contributed by atoms with Crippen molar-refractivity contribution in [2.45, 2.75) is 13.0 Å². The van der Waals surface area contributed by atoms with E-state index < -0.39 is 5.82 Å². The molecule has 7 heteroatoms. The Labute approximate surface area is 155 Å². The highest BCUT2D eigenvalue weighted by Gasteiger charge is 2.16. The quantitative estimate of drug-likeness (QED) is 0.692. The molecule has 0 aliphatic carbocycles. The van der Waals surface area contributed by atoms with Gasteiger partial charge in [-0.05, 0) is 23.8 Å². The van der Waals surface area contributed by atoms with Crippen molar-refractivity contribution in [2.24, 2.45) is 7.05 Å². The Morgan fingerprint density at radius 2 is 1.93 bits per heavy atom. The number of ether oxygens (including phenoxy) is 1. The molecule has 0 saturated carbocycles. The number of methoxy groups -OCH3 is 1. The molecule has 0 atom stereocenters. The van der Waals surface area contributed by atoms with Gasteiger partial charge < -0.3 is 9.64 Å². The van der Waals surface area contributed by atoms with Gasteiger partial charge in [0.2, 0.25) is 5.91 Å². The molecular formula is C20H20FN3O3. The van der Waals surface area contributed by atoms with Crippen molar-refractivity contribution in [1.29, 1.82) is 0 Å². The van der Waals surface area contributed by atoms with Crippen LogP contribution in [-0.2, 0) is 24.8 Å². The van der Waals surface area contributed by atoms with Gasteiger partial charge in [-0.25, -0.2) is 9.07 Å². The van der Waals surface area contributed by atoms with Crippen molar-refractivity contribution in [3.8, 4) is 5.75 Å². The van der Waals surface area contributed by atoms with Crippen molar-refractivity contribution < 1.29 is 13.9 Å². The molecule has 1 amide bonds. The number of aromatic nitrogens is 2. The fourth-order valence-electron chi connectivity index (χ4n) is 2.95. The normalized spacial score (nSPS) is 10.8. The monoisotopic (exact) mass is 369 g/mol. The fourth-order valence-corrected chi connectivity index (χ4v) is 2.95. The van der Waals surface area contributed by atoms with E-state index in [1.54, 1.807) is 44.4 Å². The van der Waals surface area contributed by atoms with Gasteiger partial charge in [0.25, 0.3) is 5.56 Å². The molecule has 0 bridgehead atoms. The number of fused-ring (bicyclic) bond motifs is 1. The third-order valence-electron chi connectivity index (χ3n) is 4.41. The second kappa shape index (κ2) is 7.57. The number of hydrogen-bond donors (Lipinski definition) is 0. The molecule has 27 heavy (non-hydrogen) atoms. The Kier molecular flexibility index (Phi) is 5.21. The molecule has 0 radical (unpaired) electrons. The van der Waals surface area contributed by atoms with Crippen molar-refractivity contribution in [1.82, 2.24) is 14.7 Å². The minimum atomic E-state index is -0.471. The smallest absolute Gasteiger partial charge is 0.274 e. The predicted molar refractivity (Wildman–Crippen MR) is 100 cm³/mol. The van der Waals surface area contributed by atoms with Gasteiger partial charge in [-0.15, -0.1) is 0 Å². The Morgan fingerprint density at radius 3 is 2.59 bits per heavy atom. The lowest BCUT2D eigenvalue weighted by Gasteiger charge is -2.18. The lowest BCUT2D eigenvalue weighted by Crippen LogP contribution is -2.29. The molecule has 3 rings (SSSR count). The van der Waals surface area contributed by atoms with E-state index in [9.17, 15) is 14.0 Å². The molecule has 140 valence electrons. The standard InChI is InChI=1S/C20H20FN3O3/c1-23(12-13-8-9-18(27-3)16(21)10-13)19(25)11-17-14-6-4-5-7-15(14)20(26)24(2)22-17/h4-10H,11-12H2,1-3H3. The Hall–Kier alpha value is -3.22. The van der Waals surface area contributed by atoms with E-state index in [0.717, 1.165) is 0 Å². The first-order valence-electron chi connectivity index (χ1n) is 8.42. The molecule has 0 N–H and O–H groups in total. The Bertz CT molecular complexity index is 1060. The maximum Gasteiger partial charge on any atom is 0.274 e. The van der Waals surface area contributed by atoms with Crippen LogP contribution in [0.4, 0.5) is 4.39 Å². The first-order valence-corrected chi connectivity index (χ1v) is 8.42. The van der Waals surface area contributed by atoms with Crippen LogP contribution in [0.15, 0.2) is 47.3 Å². The van der Waals surface area contributed by atoms with Crippen molar-refractivity contribution in [3.63, 3.8) is 0 Å². The van der Waals surface area contributed by atoms with Crippen LogP contribution in [0.5, 0.6) is 5.75 Å². The zero-order valence-electron chi connectivity index (χ0n) is 15.4. The zero-order valence-corrected chi connectivity index (χ0v) is 15.4. The largest absolute Gasteiger partial charge is 0.494 e. The van der Waals surface area contributed by atoms with Crippen LogP contribution in [0, 0.1) is 5.82 Å². The first-order chi connectivity index (χ1) is 12.9. The van der Waals surface area contributed by atoms with E-state index in [-0.39, 0.29) is 30.2 Å². The van der Waals surface area contributed by atoms with Gasteiger partial charge >= 0.3 is 0 Å². The van der Waals surface area contributed by atoms with Crippen LogP contribution < -0.4 is 10.3 Å². The third kappa shape index (κ3) is 3.81. The summed E-state index contributed by atoms with van der Waals surface area (Å²) in [4.78, 5) is 26.3. The summed E-state index contributed by atoms with van der Waals surface area (Å²) in [7, 11) is 4.61. The van der Waals surface area contributed by atoms with Gasteiger partial charge in [-0.1, -0.05) is 24.3 Å². The Morgan fingerprint density at radius 1 is 1.22 bits per heavy atom. The second-order valence-electron chi connectivity index (χ2n) is 6.32. The summed E-state index contributed by atoms with van der Waals surface area (Å²) in [5.41, 5.74) is 0.983. The number of halogens is 1. The number of nitrogens with zero attached hydrogens (tertiary/aromatic N) is 3. The molecule has 0 saturated heterocycles. The van der Waals surface area contributed by atoms with E-state index in [0.29, 0.717) is 22.0 Å². The van der Waals surface area contributed by atoms with E-state index in [4.69, 9.17) is 4.74 Å². The Balaban J connectivity index is 1.81. The topological polar surface area (TPSA) is 64.4 Å². The minimum absolute atomic E-state index is 0.0454. The molecule has 0 fully saturated rings. The lowest BCUT2D eigenvalue weighted by atomic mass is 10.1. The van der Waals surface area contributed by atoms with Crippen molar-refractivity contribution >= 4 is 16.7 Å². The van der Waals surface area contributed by atoms with Crippen molar-refractivity contribution in [3.05, 3.63) is 69.9 Å². The second-order valence-corrected chi connectivity index (χ2v) is 6.32. The summed E-state index contributed by atoms with van der Waals surface area (Å²) in [5, 5.41) is 5.44. The summed E-state index contributed by atoms with van der Waals surface area (Å²) in [6, 6.07) is 11.7. The summed E-state index contributed by atoms with van der Waals surface area (Å²) in [6.45, 7) is 0.253. The lowest BCUT2D eigenvalue weighted by molar-refractivity contribution is -0.129. The van der Waals surface area contributed by atoms with Gasteiger partial charge in [-0.2, -0.15) is 5.10 Å². The third-order valence-corrected chi connectivity index (χ3v) is 4.41. The maximum absolute atomic E-state index is 13.8. The van der Waals surface area contributed by atoms with E-state index >= 15 is 0 Å². The number of benzene rings is 2. The highest BCUT2D eigenvalue weighted by molar-refractivity contribution is 5.88. The summed E-state index contributed by atoms with van der Waals surface area (Å²) < 4.78 is 20.0. The minimum Gasteiger partial charge on any atom is -0.494 e. The molecule has 0 aliphatic rings. The fraction of sp³-hybridized carbons (Fsp3) is 0.250. The summed E-state index contributed by atoms with van der Waals surface area (Å²) >= 11 is 0. The number of carbonyl (C=O) groups excluding carboxylic acids is 1. The highest BCUT2D eigenvalue weighted by atomic mass is 19.1. The number of rotatable bonds is 5. The van der Waals surface area contributed by atoms with E-state index in [2.05, 4.69) is 5.10 Å². The predicted octanol–water partition coefficient (Wildman–Crippen LogP) is 2.28. The summed E-state index contributed by atoms with van der Waals surface area (Å²) in [5.74, 6) is -0.488. The van der Waals surface area contributed by atoms with Gasteiger partial charge in [0.15, 0.2) is 11.6 Å². The van der Waals surface area contributed by atoms with Crippen LogP contribution in [0.1, 0.15) is 11.3 Å². The molecule has 3 aromatic rings. The van der Waals surface area contributed by atoms with Crippen LogP contribution >= 0.6 is 0 Å². The molecule has 1 aromatic heterocycles. The van der Waals surface area contributed by atoms with Crippen LogP contribution in [-0.4, -0.2) is 34.7 Å². The number of likely N-dealkylation sites (N-methyl/N-ethyl adjacent to an activating group) is 1. The molecular weight excluding hydrogens is 349 g/mol. The number of aryl methyl sites for hydroxylation is 1. The van der Waals surface area contributed by atoms with Crippen LogP contribution in [0.2, 0.25) is 0 Å². The molecule has 6 nitrogen and oxygen atoms in total. The first kappa shape index (κ1) is 18.6. The van der Waals surface area contributed by atoms with Crippen LogP contribution in [0.3, 0.4) is 0 Å². The van der Waals surface area contributed by atoms with Gasteiger partial charge in [0.05, 0.1) is 24.6 Å². The SMILES string of the molecule is COc1ccc(CN(C)C(=O)Cc2nn(C)c(=O)c3ccccc23)cc1F. The number of carbonyl (C=O) groups is 1. The van der Waals surface area contributed by atoms with Gasteiger partial charge in [0.1, 0.15) is 0 Å². The zero-order chi connectivity index (χ0) is 19.6. The molecule has 1 heterocycles. The molecule has 0 aliphatic heterocycles. The summed E-state index contributed by atoms with van der Waals surface area (Å²) in [6.07, 6.45) is 0.0454. The molecule has 2 aromatic carbocycles. The van der Waals surface area contributed by atoms with Crippen LogP contribution in [0.25, 0.3) is 10.8 Å². The average Bonchev–Trinajstić information content (AvgIpc) is 2.66. The number of amides is 1. The average molecular weight is 369 g/mol. The van der Waals surface area contributed by atoms with Gasteiger partial charge in [0, 0.05) is 26.0 Å². The van der Waals surface area contributed by atoms with Crippen molar-refractivity contribution in [2.75, 3.05) is 14.2 Å².